The lowest BCUT2D eigenvalue weighted by Gasteiger charge is -2.33. The summed E-state index contributed by atoms with van der Waals surface area (Å²) in [5.74, 6) is -0.305. The molecule has 1 amide bonds. The Balaban J connectivity index is 1.52. The van der Waals surface area contributed by atoms with E-state index in [9.17, 15) is 9.18 Å². The highest BCUT2D eigenvalue weighted by molar-refractivity contribution is 5.78. The minimum Gasteiger partial charge on any atom is -0.375 e. The summed E-state index contributed by atoms with van der Waals surface area (Å²) in [6, 6.07) is 8.07. The van der Waals surface area contributed by atoms with E-state index in [0.29, 0.717) is 25.3 Å². The molecule has 1 aromatic heterocycles. The summed E-state index contributed by atoms with van der Waals surface area (Å²) < 4.78 is 19.0. The number of carbonyl (C=O) groups excluding carboxylic acids is 1. The van der Waals surface area contributed by atoms with Gasteiger partial charge in [0.15, 0.2) is 0 Å². The van der Waals surface area contributed by atoms with Crippen LogP contribution < -0.4 is 0 Å². The van der Waals surface area contributed by atoms with Crippen molar-refractivity contribution in [3.63, 3.8) is 0 Å². The molecule has 24 heavy (non-hydrogen) atoms. The first-order valence-corrected chi connectivity index (χ1v) is 8.09. The van der Waals surface area contributed by atoms with Crippen LogP contribution in [0, 0.1) is 5.82 Å². The molecule has 1 aliphatic rings. The Kier molecular flexibility index (Phi) is 5.48. The molecule has 0 radical (unpaired) electrons. The standard InChI is InChI=1S/C18H20FN3O2/c19-15-3-1-2-14(10-15)11-18(23)22-8-9-24-17(12-22)5-4-16-6-7-20-13-21-16/h1-3,6-7,10,13,17H,4-5,8-9,11-12H2/t17-/m1/s1. The predicted octanol–water partition coefficient (Wildman–Crippen LogP) is 2.02. The summed E-state index contributed by atoms with van der Waals surface area (Å²) in [7, 11) is 0. The van der Waals surface area contributed by atoms with Gasteiger partial charge < -0.3 is 9.64 Å². The van der Waals surface area contributed by atoms with Gasteiger partial charge in [-0.1, -0.05) is 12.1 Å². The Labute approximate surface area is 140 Å². The van der Waals surface area contributed by atoms with E-state index in [1.54, 1.807) is 23.2 Å². The van der Waals surface area contributed by atoms with Gasteiger partial charge in [-0.2, -0.15) is 0 Å². The Morgan fingerprint density at radius 2 is 2.29 bits per heavy atom. The molecule has 5 nitrogen and oxygen atoms in total. The maximum atomic E-state index is 13.2. The van der Waals surface area contributed by atoms with E-state index in [1.807, 2.05) is 6.07 Å². The number of halogens is 1. The second-order valence-electron chi connectivity index (χ2n) is 5.88. The molecule has 0 N–H and O–H groups in total. The molecule has 2 heterocycles. The van der Waals surface area contributed by atoms with E-state index in [0.717, 1.165) is 18.5 Å². The van der Waals surface area contributed by atoms with Crippen molar-refractivity contribution in [2.75, 3.05) is 19.7 Å². The molecule has 126 valence electrons. The quantitative estimate of drug-likeness (QED) is 0.842. The number of aryl methyl sites for hydroxylation is 1. The van der Waals surface area contributed by atoms with Gasteiger partial charge in [0.1, 0.15) is 12.1 Å². The monoisotopic (exact) mass is 329 g/mol. The number of nitrogens with zero attached hydrogens (tertiary/aromatic N) is 3. The van der Waals surface area contributed by atoms with Crippen LogP contribution in [-0.4, -0.2) is 46.6 Å². The maximum absolute atomic E-state index is 13.2. The fourth-order valence-electron chi connectivity index (χ4n) is 2.83. The van der Waals surface area contributed by atoms with Crippen LogP contribution in [0.1, 0.15) is 17.7 Å². The average molecular weight is 329 g/mol. The van der Waals surface area contributed by atoms with Crippen LogP contribution in [0.25, 0.3) is 0 Å². The molecule has 1 aromatic carbocycles. The maximum Gasteiger partial charge on any atom is 0.227 e. The predicted molar refractivity (Wildman–Crippen MR) is 86.8 cm³/mol. The number of amides is 1. The van der Waals surface area contributed by atoms with Crippen molar-refractivity contribution in [3.8, 4) is 0 Å². The molecule has 1 saturated heterocycles. The summed E-state index contributed by atoms with van der Waals surface area (Å²) in [6.45, 7) is 1.68. The average Bonchev–Trinajstić information content (AvgIpc) is 2.61. The third kappa shape index (κ3) is 4.58. The Morgan fingerprint density at radius 1 is 1.38 bits per heavy atom. The van der Waals surface area contributed by atoms with Crippen molar-refractivity contribution in [1.82, 2.24) is 14.9 Å². The van der Waals surface area contributed by atoms with Crippen molar-refractivity contribution in [2.24, 2.45) is 0 Å². The number of ether oxygens (including phenoxy) is 1. The van der Waals surface area contributed by atoms with E-state index in [4.69, 9.17) is 4.74 Å². The second kappa shape index (κ2) is 7.97. The molecule has 1 atom stereocenters. The molecular formula is C18H20FN3O2. The summed E-state index contributed by atoms with van der Waals surface area (Å²) in [5.41, 5.74) is 1.67. The first-order chi connectivity index (χ1) is 11.7. The summed E-state index contributed by atoms with van der Waals surface area (Å²) in [5, 5.41) is 0. The van der Waals surface area contributed by atoms with Crippen LogP contribution in [0.3, 0.4) is 0 Å². The van der Waals surface area contributed by atoms with Gasteiger partial charge in [-0.3, -0.25) is 4.79 Å². The van der Waals surface area contributed by atoms with Gasteiger partial charge in [-0.15, -0.1) is 0 Å². The first-order valence-electron chi connectivity index (χ1n) is 8.09. The van der Waals surface area contributed by atoms with E-state index in [2.05, 4.69) is 9.97 Å². The van der Waals surface area contributed by atoms with Gasteiger partial charge in [0, 0.05) is 25.0 Å². The normalized spacial score (nSPS) is 17.7. The molecule has 1 aliphatic heterocycles. The third-order valence-corrected chi connectivity index (χ3v) is 4.10. The zero-order valence-corrected chi connectivity index (χ0v) is 13.4. The fourth-order valence-corrected chi connectivity index (χ4v) is 2.83. The number of rotatable bonds is 5. The van der Waals surface area contributed by atoms with Crippen LogP contribution in [0.4, 0.5) is 4.39 Å². The molecular weight excluding hydrogens is 309 g/mol. The highest BCUT2D eigenvalue weighted by Crippen LogP contribution is 2.13. The van der Waals surface area contributed by atoms with Crippen molar-refractivity contribution < 1.29 is 13.9 Å². The molecule has 6 heteroatoms. The van der Waals surface area contributed by atoms with Crippen LogP contribution >= 0.6 is 0 Å². The van der Waals surface area contributed by atoms with Gasteiger partial charge in [0.2, 0.25) is 5.91 Å². The smallest absolute Gasteiger partial charge is 0.227 e. The topological polar surface area (TPSA) is 55.3 Å². The summed E-state index contributed by atoms with van der Waals surface area (Å²) in [4.78, 5) is 22.3. The lowest BCUT2D eigenvalue weighted by atomic mass is 10.1. The van der Waals surface area contributed by atoms with Crippen molar-refractivity contribution >= 4 is 5.91 Å². The van der Waals surface area contributed by atoms with Crippen LogP contribution in [-0.2, 0) is 22.4 Å². The molecule has 0 spiro atoms. The molecule has 0 unspecified atom stereocenters. The zero-order valence-electron chi connectivity index (χ0n) is 13.4. The van der Waals surface area contributed by atoms with Gasteiger partial charge >= 0.3 is 0 Å². The lowest BCUT2D eigenvalue weighted by Crippen LogP contribution is -2.46. The Hall–Kier alpha value is -2.34. The number of benzene rings is 1. The van der Waals surface area contributed by atoms with Crippen molar-refractivity contribution in [1.29, 1.82) is 0 Å². The Bertz CT molecular complexity index is 681. The summed E-state index contributed by atoms with van der Waals surface area (Å²) in [6.07, 6.45) is 5.08. The van der Waals surface area contributed by atoms with Gasteiger partial charge in [0.25, 0.3) is 0 Å². The minimum atomic E-state index is -0.315. The van der Waals surface area contributed by atoms with Crippen molar-refractivity contribution in [3.05, 3.63) is 59.9 Å². The Morgan fingerprint density at radius 3 is 3.08 bits per heavy atom. The number of hydrogen-bond donors (Lipinski definition) is 0. The van der Waals surface area contributed by atoms with E-state index < -0.39 is 0 Å². The molecule has 2 aromatic rings. The summed E-state index contributed by atoms with van der Waals surface area (Å²) >= 11 is 0. The largest absolute Gasteiger partial charge is 0.375 e. The van der Waals surface area contributed by atoms with E-state index in [1.165, 1.54) is 18.5 Å². The number of aromatic nitrogens is 2. The van der Waals surface area contributed by atoms with E-state index in [-0.39, 0.29) is 24.2 Å². The molecule has 0 aliphatic carbocycles. The molecule has 0 saturated carbocycles. The van der Waals surface area contributed by atoms with E-state index >= 15 is 0 Å². The van der Waals surface area contributed by atoms with Crippen LogP contribution in [0.15, 0.2) is 42.9 Å². The fraction of sp³-hybridized carbons (Fsp3) is 0.389. The number of hydrogen-bond acceptors (Lipinski definition) is 4. The highest BCUT2D eigenvalue weighted by Gasteiger charge is 2.24. The zero-order chi connectivity index (χ0) is 16.8. The highest BCUT2D eigenvalue weighted by atomic mass is 19.1. The molecule has 3 rings (SSSR count). The molecule has 1 fully saturated rings. The van der Waals surface area contributed by atoms with Gasteiger partial charge in [-0.05, 0) is 36.6 Å². The van der Waals surface area contributed by atoms with Crippen LogP contribution in [0.5, 0.6) is 0 Å². The van der Waals surface area contributed by atoms with Gasteiger partial charge in [-0.25, -0.2) is 14.4 Å². The first kappa shape index (κ1) is 16.5. The molecule has 0 bridgehead atoms. The SMILES string of the molecule is O=C(Cc1cccc(F)c1)N1CCO[C@H](CCc2ccncn2)C1. The number of morpholine rings is 1. The second-order valence-corrected chi connectivity index (χ2v) is 5.88. The third-order valence-electron chi connectivity index (χ3n) is 4.10. The minimum absolute atomic E-state index is 0.00479. The number of carbonyl (C=O) groups is 1. The van der Waals surface area contributed by atoms with Gasteiger partial charge in [0.05, 0.1) is 19.1 Å². The van der Waals surface area contributed by atoms with Crippen molar-refractivity contribution in [2.45, 2.75) is 25.4 Å². The lowest BCUT2D eigenvalue weighted by molar-refractivity contribution is -0.138. The van der Waals surface area contributed by atoms with Crippen LogP contribution in [0.2, 0.25) is 0 Å².